The predicted octanol–water partition coefficient (Wildman–Crippen LogP) is 2.91. The molecule has 144 valence electrons. The van der Waals surface area contributed by atoms with Crippen LogP contribution in [0.4, 0.5) is 5.69 Å². The van der Waals surface area contributed by atoms with Crippen LogP contribution in [0.5, 0.6) is 0 Å². The van der Waals surface area contributed by atoms with Gasteiger partial charge in [-0.05, 0) is 30.5 Å². The van der Waals surface area contributed by atoms with E-state index in [1.54, 1.807) is 18.2 Å². The van der Waals surface area contributed by atoms with Crippen LogP contribution < -0.4 is 5.32 Å². The zero-order valence-electron chi connectivity index (χ0n) is 15.4. The summed E-state index contributed by atoms with van der Waals surface area (Å²) in [5, 5.41) is 2.78. The van der Waals surface area contributed by atoms with Crippen LogP contribution in [0.3, 0.4) is 0 Å². The number of rotatable bonds is 7. The van der Waals surface area contributed by atoms with Crippen molar-refractivity contribution in [3.8, 4) is 0 Å². The van der Waals surface area contributed by atoms with Crippen molar-refractivity contribution in [2.24, 2.45) is 0 Å². The van der Waals surface area contributed by atoms with Gasteiger partial charge in [-0.25, -0.2) is 8.42 Å². The number of benzene rings is 2. The highest BCUT2D eigenvalue weighted by atomic mass is 32.2. The maximum atomic E-state index is 12.7. The molecule has 0 saturated carbocycles. The normalized spacial score (nSPS) is 11.1. The molecule has 0 aliphatic rings. The van der Waals surface area contributed by atoms with Gasteiger partial charge in [-0.3, -0.25) is 9.59 Å². The molecule has 0 saturated heterocycles. The number of carbonyl (C=O) groups is 2. The lowest BCUT2D eigenvalue weighted by molar-refractivity contribution is -0.116. The number of sulfone groups is 1. The molecule has 0 aliphatic heterocycles. The SMILES string of the molecule is CCS(=O)(=O)c1ccccc1C(=O)N(C)CC(=O)Nc1ccccc1SC. The number of anilines is 1. The molecule has 1 N–H and O–H groups in total. The van der Waals surface area contributed by atoms with E-state index in [1.165, 1.54) is 42.8 Å². The Morgan fingerprint density at radius 2 is 1.70 bits per heavy atom. The summed E-state index contributed by atoms with van der Waals surface area (Å²) in [6.07, 6.45) is 1.91. The van der Waals surface area contributed by atoms with Gasteiger partial charge < -0.3 is 10.2 Å². The molecule has 2 aromatic carbocycles. The maximum Gasteiger partial charge on any atom is 0.255 e. The van der Waals surface area contributed by atoms with Gasteiger partial charge in [0.15, 0.2) is 9.84 Å². The number of hydrogen-bond acceptors (Lipinski definition) is 5. The molecule has 0 bridgehead atoms. The van der Waals surface area contributed by atoms with E-state index in [4.69, 9.17) is 0 Å². The smallest absolute Gasteiger partial charge is 0.255 e. The van der Waals surface area contributed by atoms with Crippen LogP contribution in [-0.4, -0.2) is 50.7 Å². The van der Waals surface area contributed by atoms with Gasteiger partial charge in [0.1, 0.15) is 0 Å². The number of likely N-dealkylation sites (N-methyl/N-ethyl adjacent to an activating group) is 1. The van der Waals surface area contributed by atoms with Crippen molar-refractivity contribution >= 4 is 39.1 Å². The highest BCUT2D eigenvalue weighted by molar-refractivity contribution is 7.98. The van der Waals surface area contributed by atoms with Crippen LogP contribution in [0, 0.1) is 0 Å². The lowest BCUT2D eigenvalue weighted by Crippen LogP contribution is -2.35. The minimum Gasteiger partial charge on any atom is -0.332 e. The maximum absolute atomic E-state index is 12.7. The largest absolute Gasteiger partial charge is 0.332 e. The number of amides is 2. The lowest BCUT2D eigenvalue weighted by atomic mass is 10.2. The van der Waals surface area contributed by atoms with Crippen LogP contribution in [-0.2, 0) is 14.6 Å². The molecule has 0 aliphatic carbocycles. The number of nitrogens with one attached hydrogen (secondary N) is 1. The summed E-state index contributed by atoms with van der Waals surface area (Å²) in [6, 6.07) is 13.4. The van der Waals surface area contributed by atoms with Gasteiger partial charge in [-0.1, -0.05) is 31.2 Å². The molecule has 0 atom stereocenters. The van der Waals surface area contributed by atoms with E-state index >= 15 is 0 Å². The highest BCUT2D eigenvalue weighted by Crippen LogP contribution is 2.24. The third-order valence-corrected chi connectivity index (χ3v) is 6.52. The molecule has 0 heterocycles. The van der Waals surface area contributed by atoms with E-state index in [9.17, 15) is 18.0 Å². The third-order valence-electron chi connectivity index (χ3n) is 3.94. The summed E-state index contributed by atoms with van der Waals surface area (Å²) in [5.74, 6) is -0.980. The van der Waals surface area contributed by atoms with Gasteiger partial charge >= 0.3 is 0 Å². The Morgan fingerprint density at radius 1 is 1.07 bits per heavy atom. The van der Waals surface area contributed by atoms with Crippen LogP contribution in [0.2, 0.25) is 0 Å². The number of carbonyl (C=O) groups excluding carboxylic acids is 2. The summed E-state index contributed by atoms with van der Waals surface area (Å²) in [5.41, 5.74) is 0.740. The molecule has 2 rings (SSSR count). The topological polar surface area (TPSA) is 83.6 Å². The van der Waals surface area contributed by atoms with Gasteiger partial charge in [0.25, 0.3) is 5.91 Å². The van der Waals surface area contributed by atoms with Crippen molar-refractivity contribution in [3.05, 3.63) is 54.1 Å². The summed E-state index contributed by atoms with van der Waals surface area (Å²) < 4.78 is 24.5. The van der Waals surface area contributed by atoms with Crippen LogP contribution in [0.15, 0.2) is 58.3 Å². The fourth-order valence-corrected chi connectivity index (χ4v) is 4.14. The van der Waals surface area contributed by atoms with Gasteiger partial charge in [-0.15, -0.1) is 11.8 Å². The standard InChI is InChI=1S/C19H22N2O4S2/c1-4-27(24,25)17-12-8-5-9-14(17)19(23)21(2)13-18(22)20-15-10-6-7-11-16(15)26-3/h5-12H,4,13H2,1-3H3,(H,20,22). The monoisotopic (exact) mass is 406 g/mol. The Kier molecular flexibility index (Phi) is 7.04. The van der Waals surface area contributed by atoms with Crippen molar-refractivity contribution in [1.29, 1.82) is 0 Å². The number of nitrogens with zero attached hydrogens (tertiary/aromatic N) is 1. The minimum absolute atomic E-state index is 0.0162. The Hall–Kier alpha value is -2.32. The fourth-order valence-electron chi connectivity index (χ4n) is 2.50. The van der Waals surface area contributed by atoms with E-state index in [0.717, 1.165) is 4.90 Å². The molecule has 2 amide bonds. The third kappa shape index (κ3) is 5.11. The quantitative estimate of drug-likeness (QED) is 0.715. The summed E-state index contributed by atoms with van der Waals surface area (Å²) in [6.45, 7) is 1.33. The minimum atomic E-state index is -3.54. The first-order chi connectivity index (χ1) is 12.8. The molecule has 6 nitrogen and oxygen atoms in total. The van der Waals surface area contributed by atoms with Crippen molar-refractivity contribution in [2.45, 2.75) is 16.7 Å². The first-order valence-electron chi connectivity index (χ1n) is 8.30. The summed E-state index contributed by atoms with van der Waals surface area (Å²) in [4.78, 5) is 27.2. The van der Waals surface area contributed by atoms with Gasteiger partial charge in [0, 0.05) is 11.9 Å². The molecule has 0 fully saturated rings. The molecule has 27 heavy (non-hydrogen) atoms. The molecule has 0 aromatic heterocycles. The molecule has 8 heteroatoms. The van der Waals surface area contributed by atoms with E-state index in [1.807, 2.05) is 24.5 Å². The Bertz CT molecular complexity index is 942. The van der Waals surface area contributed by atoms with E-state index < -0.39 is 15.7 Å². The lowest BCUT2D eigenvalue weighted by Gasteiger charge is -2.19. The van der Waals surface area contributed by atoms with Crippen molar-refractivity contribution in [2.75, 3.05) is 30.9 Å². The first-order valence-corrected chi connectivity index (χ1v) is 11.2. The summed E-state index contributed by atoms with van der Waals surface area (Å²) in [7, 11) is -2.07. The Balaban J connectivity index is 2.16. The number of para-hydroxylation sites is 1. The number of hydrogen-bond donors (Lipinski definition) is 1. The molecule has 0 unspecified atom stereocenters. The van der Waals surface area contributed by atoms with E-state index in [0.29, 0.717) is 5.69 Å². The second-order valence-corrected chi connectivity index (χ2v) is 8.90. The molecular formula is C19H22N2O4S2. The second-order valence-electron chi connectivity index (χ2n) is 5.81. The Morgan fingerprint density at radius 3 is 2.37 bits per heavy atom. The first kappa shape index (κ1) is 21.0. The Labute approximate surface area is 163 Å². The second kappa shape index (κ2) is 9.05. The van der Waals surface area contributed by atoms with Crippen molar-refractivity contribution in [3.63, 3.8) is 0 Å². The zero-order valence-corrected chi connectivity index (χ0v) is 17.1. The van der Waals surface area contributed by atoms with Crippen LogP contribution >= 0.6 is 11.8 Å². The van der Waals surface area contributed by atoms with Gasteiger partial charge in [0.05, 0.1) is 28.4 Å². The van der Waals surface area contributed by atoms with Gasteiger partial charge in [-0.2, -0.15) is 0 Å². The molecule has 2 aromatic rings. The average molecular weight is 407 g/mol. The average Bonchev–Trinajstić information content (AvgIpc) is 2.67. The molecule has 0 spiro atoms. The fraction of sp³-hybridized carbons (Fsp3) is 0.263. The molecule has 0 radical (unpaired) electrons. The van der Waals surface area contributed by atoms with Gasteiger partial charge in [0.2, 0.25) is 5.91 Å². The predicted molar refractivity (Wildman–Crippen MR) is 108 cm³/mol. The highest BCUT2D eigenvalue weighted by Gasteiger charge is 2.23. The zero-order chi connectivity index (χ0) is 20.0. The van der Waals surface area contributed by atoms with E-state index in [-0.39, 0.29) is 28.7 Å². The number of thioether (sulfide) groups is 1. The van der Waals surface area contributed by atoms with Crippen LogP contribution in [0.1, 0.15) is 17.3 Å². The summed E-state index contributed by atoms with van der Waals surface area (Å²) >= 11 is 1.50. The van der Waals surface area contributed by atoms with Crippen molar-refractivity contribution in [1.82, 2.24) is 4.90 Å². The van der Waals surface area contributed by atoms with Crippen LogP contribution in [0.25, 0.3) is 0 Å². The molecular weight excluding hydrogens is 384 g/mol. The van der Waals surface area contributed by atoms with E-state index in [2.05, 4.69) is 5.32 Å². The van der Waals surface area contributed by atoms with Crippen molar-refractivity contribution < 1.29 is 18.0 Å².